The molecular weight excluding hydrogens is 397 g/mol. The van der Waals surface area contributed by atoms with Gasteiger partial charge in [-0.25, -0.2) is 35.7 Å². The van der Waals surface area contributed by atoms with E-state index in [2.05, 4.69) is 10.3 Å². The average Bonchev–Trinajstić information content (AvgIpc) is 2.99. The second-order valence-electron chi connectivity index (χ2n) is 4.76. The molecule has 1 aromatic heterocycles. The molecule has 0 spiro atoms. The first-order chi connectivity index (χ1) is 11.7. The molecule has 0 aliphatic rings. The number of aromatic nitrogens is 1. The Morgan fingerprint density at radius 2 is 1.32 bits per heavy atom. The molecule has 3 rings (SSSR count). The van der Waals surface area contributed by atoms with Gasteiger partial charge in [-0.3, -0.25) is 0 Å². The summed E-state index contributed by atoms with van der Waals surface area (Å²) in [6.07, 6.45) is 1.27. The van der Waals surface area contributed by atoms with Crippen LogP contribution in [-0.2, 0) is 6.54 Å². The van der Waals surface area contributed by atoms with Gasteiger partial charge in [0.05, 0.1) is 17.3 Å². The quantitative estimate of drug-likeness (QED) is 0.355. The number of nitrogens with zero attached hydrogens (tertiary/aromatic N) is 1. The average molecular weight is 401 g/mol. The molecule has 2 aromatic carbocycles. The van der Waals surface area contributed by atoms with Crippen LogP contribution in [-0.4, -0.2) is 4.98 Å². The molecule has 1 heterocycles. The molecule has 0 unspecified atom stereocenters. The fourth-order valence-electron chi connectivity index (χ4n) is 2.18. The highest BCUT2D eigenvalue weighted by Gasteiger charge is 2.30. The molecule has 0 saturated heterocycles. The van der Waals surface area contributed by atoms with Gasteiger partial charge in [0.2, 0.25) is 0 Å². The fraction of sp³-hybridized carbons (Fsp3) is 0.0714. The third-order valence-electron chi connectivity index (χ3n) is 3.30. The number of hydrogen-bond donors (Lipinski definition) is 1. The summed E-state index contributed by atoms with van der Waals surface area (Å²) in [6, 6.07) is 0. The van der Waals surface area contributed by atoms with Crippen LogP contribution in [0.3, 0.4) is 0 Å². The fourth-order valence-corrected chi connectivity index (χ4v) is 3.10. The normalized spacial score (nSPS) is 11.4. The lowest BCUT2D eigenvalue weighted by molar-refractivity contribution is 0.412. The van der Waals surface area contributed by atoms with Crippen molar-refractivity contribution in [1.82, 2.24) is 4.98 Å². The van der Waals surface area contributed by atoms with Crippen molar-refractivity contribution in [2.75, 3.05) is 5.32 Å². The van der Waals surface area contributed by atoms with Gasteiger partial charge in [0.1, 0.15) is 5.69 Å². The van der Waals surface area contributed by atoms with Gasteiger partial charge in [-0.15, -0.1) is 11.3 Å². The highest BCUT2D eigenvalue weighted by molar-refractivity contribution is 7.15. The SMILES string of the molecule is Fc1c(F)c(F)c2c(F)c(NCc3cnc(Cl)s3)c(F)c(F)c2c1F. The second-order valence-corrected chi connectivity index (χ2v) is 6.45. The minimum Gasteiger partial charge on any atom is -0.375 e. The number of hydrogen-bond acceptors (Lipinski definition) is 3. The molecule has 0 amide bonds. The molecule has 0 aliphatic carbocycles. The molecule has 0 atom stereocenters. The summed E-state index contributed by atoms with van der Waals surface area (Å²) in [5, 5.41) is -1.06. The van der Waals surface area contributed by atoms with Crippen molar-refractivity contribution < 1.29 is 30.7 Å². The van der Waals surface area contributed by atoms with Crippen molar-refractivity contribution in [1.29, 1.82) is 0 Å². The topological polar surface area (TPSA) is 24.9 Å². The molecule has 0 saturated carbocycles. The Morgan fingerprint density at radius 3 is 1.84 bits per heavy atom. The van der Waals surface area contributed by atoms with Crippen LogP contribution in [0.4, 0.5) is 36.4 Å². The Morgan fingerprint density at radius 1 is 0.800 bits per heavy atom. The van der Waals surface area contributed by atoms with Gasteiger partial charge in [-0.2, -0.15) is 0 Å². The first kappa shape index (κ1) is 17.7. The van der Waals surface area contributed by atoms with Crippen LogP contribution in [0.15, 0.2) is 6.20 Å². The Kier molecular flexibility index (Phi) is 4.50. The van der Waals surface area contributed by atoms with Gasteiger partial charge in [0.15, 0.2) is 45.2 Å². The molecule has 0 radical (unpaired) electrons. The van der Waals surface area contributed by atoms with E-state index >= 15 is 0 Å². The first-order valence-corrected chi connectivity index (χ1v) is 7.59. The van der Waals surface area contributed by atoms with Gasteiger partial charge in [-0.1, -0.05) is 11.6 Å². The summed E-state index contributed by atoms with van der Waals surface area (Å²) in [5.41, 5.74) is -1.17. The number of benzene rings is 2. The maximum Gasteiger partial charge on any atom is 0.198 e. The van der Waals surface area contributed by atoms with E-state index in [0.717, 1.165) is 11.3 Å². The van der Waals surface area contributed by atoms with Crippen molar-refractivity contribution in [3.05, 3.63) is 56.3 Å². The zero-order chi connectivity index (χ0) is 18.5. The minimum atomic E-state index is -2.37. The van der Waals surface area contributed by atoms with Crippen LogP contribution in [0, 0.1) is 40.7 Å². The van der Waals surface area contributed by atoms with E-state index in [1.54, 1.807) is 0 Å². The highest BCUT2D eigenvalue weighted by atomic mass is 35.5. The summed E-state index contributed by atoms with van der Waals surface area (Å²) < 4.78 is 96.5. The molecular formula is C14H4ClF7N2S. The van der Waals surface area contributed by atoms with Crippen molar-refractivity contribution in [2.45, 2.75) is 6.54 Å². The van der Waals surface area contributed by atoms with Crippen LogP contribution < -0.4 is 5.32 Å². The second kappa shape index (κ2) is 6.34. The summed E-state index contributed by atoms with van der Waals surface area (Å²) in [5.74, 6) is -14.9. The summed E-state index contributed by atoms with van der Waals surface area (Å²) in [7, 11) is 0. The number of thiazole rings is 1. The third kappa shape index (κ3) is 2.78. The highest BCUT2D eigenvalue weighted by Crippen LogP contribution is 2.36. The standard InChI is InChI=1S/C14H4ClF7N2S/c15-14-24-2-3(25-14)1-23-13-9(19)5-4(8(18)12(13)22)6(16)10(20)11(21)7(5)17/h2,23H,1H2. The molecule has 25 heavy (non-hydrogen) atoms. The van der Waals surface area contributed by atoms with Crippen LogP contribution in [0.25, 0.3) is 10.8 Å². The van der Waals surface area contributed by atoms with E-state index in [1.165, 1.54) is 6.20 Å². The largest absolute Gasteiger partial charge is 0.375 e. The van der Waals surface area contributed by atoms with Crippen molar-refractivity contribution >= 4 is 39.4 Å². The van der Waals surface area contributed by atoms with Gasteiger partial charge in [0.25, 0.3) is 0 Å². The van der Waals surface area contributed by atoms with Gasteiger partial charge < -0.3 is 5.32 Å². The monoisotopic (exact) mass is 400 g/mol. The molecule has 2 nitrogen and oxygen atoms in total. The Hall–Kier alpha value is -2.07. The lowest BCUT2D eigenvalue weighted by atomic mass is 10.1. The Bertz CT molecular complexity index is 1010. The van der Waals surface area contributed by atoms with Crippen molar-refractivity contribution in [2.24, 2.45) is 0 Å². The number of halogens is 8. The van der Waals surface area contributed by atoms with Gasteiger partial charge in [-0.05, 0) is 0 Å². The van der Waals surface area contributed by atoms with E-state index in [0.29, 0.717) is 4.88 Å². The van der Waals surface area contributed by atoms with E-state index in [9.17, 15) is 30.7 Å². The van der Waals surface area contributed by atoms with Gasteiger partial charge >= 0.3 is 0 Å². The van der Waals surface area contributed by atoms with E-state index in [1.807, 2.05) is 0 Å². The van der Waals surface area contributed by atoms with Crippen LogP contribution >= 0.6 is 22.9 Å². The lowest BCUT2D eigenvalue weighted by Gasteiger charge is -2.13. The molecule has 0 bridgehead atoms. The van der Waals surface area contributed by atoms with E-state index < -0.39 is 57.2 Å². The van der Waals surface area contributed by atoms with Crippen LogP contribution in [0.2, 0.25) is 4.47 Å². The first-order valence-electron chi connectivity index (χ1n) is 6.40. The molecule has 0 aliphatic heterocycles. The zero-order valence-corrected chi connectivity index (χ0v) is 13.2. The predicted octanol–water partition coefficient (Wildman–Crippen LogP) is 5.54. The minimum absolute atomic E-state index is 0.132. The smallest absolute Gasteiger partial charge is 0.198 e. The van der Waals surface area contributed by atoms with Crippen molar-refractivity contribution in [3.8, 4) is 0 Å². The number of anilines is 1. The number of nitrogens with one attached hydrogen (secondary N) is 1. The molecule has 132 valence electrons. The third-order valence-corrected chi connectivity index (χ3v) is 4.42. The molecule has 1 N–H and O–H groups in total. The lowest BCUT2D eigenvalue weighted by Crippen LogP contribution is -2.09. The maximum atomic E-state index is 14.4. The van der Waals surface area contributed by atoms with Crippen LogP contribution in [0.5, 0.6) is 0 Å². The van der Waals surface area contributed by atoms with E-state index in [-0.39, 0.29) is 11.0 Å². The van der Waals surface area contributed by atoms with E-state index in [4.69, 9.17) is 11.6 Å². The Balaban J connectivity index is 2.20. The number of fused-ring (bicyclic) bond motifs is 1. The summed E-state index contributed by atoms with van der Waals surface area (Å²) >= 11 is 6.53. The van der Waals surface area contributed by atoms with Gasteiger partial charge in [0, 0.05) is 11.1 Å². The molecule has 3 aromatic rings. The molecule has 11 heteroatoms. The van der Waals surface area contributed by atoms with Crippen LogP contribution in [0.1, 0.15) is 4.88 Å². The molecule has 0 fully saturated rings. The Labute approximate surface area is 143 Å². The number of rotatable bonds is 3. The van der Waals surface area contributed by atoms with Crippen molar-refractivity contribution in [3.63, 3.8) is 0 Å². The predicted molar refractivity (Wildman–Crippen MR) is 78.1 cm³/mol. The zero-order valence-electron chi connectivity index (χ0n) is 11.7. The maximum absolute atomic E-state index is 14.4. The summed E-state index contributed by atoms with van der Waals surface area (Å²) in [6.45, 7) is -0.281. The summed E-state index contributed by atoms with van der Waals surface area (Å²) in [4.78, 5) is 4.06.